The van der Waals surface area contributed by atoms with Crippen molar-refractivity contribution in [3.05, 3.63) is 104 Å². The lowest BCUT2D eigenvalue weighted by Crippen LogP contribution is -2.68. The fourth-order valence-corrected chi connectivity index (χ4v) is 9.49. The minimum absolute atomic E-state index is 0.0415. The van der Waals surface area contributed by atoms with Gasteiger partial charge in [0.25, 0.3) is 11.4 Å². The molecular weight excluding hydrogens is 592 g/mol. The van der Waals surface area contributed by atoms with Crippen LogP contribution in [-0.4, -0.2) is 46.2 Å². The SMILES string of the molecule is C=C1C(=C)[C@]23CC[C@H]1CC2[C@]1(COC(=O)c2ccc([N+](=O)[O-])cc2)CCC[C@@](C)(COC(=O)c2ccc([N+](=O)[O-])cc2)C1C[C@H]3O. The normalized spacial score (nSPS) is 33.0. The number of hydrogen-bond acceptors (Lipinski definition) is 9. The molecule has 0 radical (unpaired) electrons. The predicted molar refractivity (Wildman–Crippen MR) is 167 cm³/mol. The van der Waals surface area contributed by atoms with Crippen LogP contribution >= 0.6 is 0 Å². The van der Waals surface area contributed by atoms with Gasteiger partial charge >= 0.3 is 11.9 Å². The van der Waals surface area contributed by atoms with E-state index in [0.29, 0.717) is 6.42 Å². The molecule has 242 valence electrons. The lowest BCUT2D eigenvalue weighted by atomic mass is 9.35. The number of ether oxygens (including phenoxy) is 2. The van der Waals surface area contributed by atoms with Gasteiger partial charge in [0.1, 0.15) is 0 Å². The summed E-state index contributed by atoms with van der Waals surface area (Å²) in [5, 5.41) is 34.1. The third-order valence-electron chi connectivity index (χ3n) is 11.8. The molecule has 2 aromatic rings. The molecule has 0 aromatic heterocycles. The number of allylic oxidation sites excluding steroid dienone is 1. The van der Waals surface area contributed by atoms with Gasteiger partial charge in [-0.05, 0) is 91.7 Å². The average molecular weight is 631 g/mol. The highest BCUT2D eigenvalue weighted by atomic mass is 16.6. The van der Waals surface area contributed by atoms with Crippen LogP contribution in [0.2, 0.25) is 0 Å². The molecule has 11 heteroatoms. The van der Waals surface area contributed by atoms with Gasteiger partial charge in [-0.1, -0.05) is 26.5 Å². The second-order valence-corrected chi connectivity index (χ2v) is 13.9. The summed E-state index contributed by atoms with van der Waals surface area (Å²) in [7, 11) is 0. The van der Waals surface area contributed by atoms with Gasteiger partial charge in [-0.25, -0.2) is 9.59 Å². The molecule has 1 spiro atoms. The first-order chi connectivity index (χ1) is 21.8. The number of carbonyl (C=O) groups excluding carboxylic acids is 2. The summed E-state index contributed by atoms with van der Waals surface area (Å²) in [6, 6.07) is 10.6. The molecule has 2 bridgehead atoms. The van der Waals surface area contributed by atoms with Gasteiger partial charge in [-0.3, -0.25) is 20.2 Å². The first-order valence-electron chi connectivity index (χ1n) is 15.7. The van der Waals surface area contributed by atoms with Crippen molar-refractivity contribution in [1.82, 2.24) is 0 Å². The van der Waals surface area contributed by atoms with Crippen LogP contribution in [0.1, 0.15) is 72.6 Å². The van der Waals surface area contributed by atoms with Crippen LogP contribution < -0.4 is 0 Å². The molecule has 5 saturated carbocycles. The molecule has 46 heavy (non-hydrogen) atoms. The molecule has 11 nitrogen and oxygen atoms in total. The molecule has 7 atom stereocenters. The van der Waals surface area contributed by atoms with Crippen molar-refractivity contribution in [2.24, 2.45) is 34.0 Å². The molecule has 1 N–H and O–H groups in total. The largest absolute Gasteiger partial charge is 0.462 e. The highest BCUT2D eigenvalue weighted by molar-refractivity contribution is 5.90. The maximum atomic E-state index is 13.4. The van der Waals surface area contributed by atoms with E-state index in [1.165, 1.54) is 48.5 Å². The Morgan fingerprint density at radius 2 is 1.39 bits per heavy atom. The summed E-state index contributed by atoms with van der Waals surface area (Å²) in [6.45, 7) is 11.0. The quantitative estimate of drug-likeness (QED) is 0.192. The van der Waals surface area contributed by atoms with Crippen LogP contribution in [0.3, 0.4) is 0 Å². The number of nitro benzene ring substituents is 2. The number of hydrogen-bond donors (Lipinski definition) is 1. The Labute approximate surface area is 266 Å². The number of nitrogens with zero attached hydrogens (tertiary/aromatic N) is 2. The topological polar surface area (TPSA) is 159 Å². The van der Waals surface area contributed by atoms with Crippen LogP contribution in [0.25, 0.3) is 0 Å². The number of rotatable bonds is 8. The fraction of sp³-hybridized carbons (Fsp3) is 0.486. The van der Waals surface area contributed by atoms with Crippen molar-refractivity contribution in [1.29, 1.82) is 0 Å². The Morgan fingerprint density at radius 1 is 0.848 bits per heavy atom. The molecule has 0 aliphatic heterocycles. The van der Waals surface area contributed by atoms with Crippen molar-refractivity contribution < 1.29 is 34.0 Å². The number of esters is 2. The molecule has 5 fully saturated rings. The zero-order valence-corrected chi connectivity index (χ0v) is 25.8. The van der Waals surface area contributed by atoms with Crippen molar-refractivity contribution in [3.63, 3.8) is 0 Å². The number of benzene rings is 2. The van der Waals surface area contributed by atoms with Crippen molar-refractivity contribution in [2.45, 2.75) is 58.0 Å². The smallest absolute Gasteiger partial charge is 0.338 e. The second kappa shape index (κ2) is 11.5. The monoisotopic (exact) mass is 630 g/mol. The van der Waals surface area contributed by atoms with Crippen LogP contribution in [0, 0.1) is 54.2 Å². The minimum Gasteiger partial charge on any atom is -0.462 e. The molecule has 2 unspecified atom stereocenters. The zero-order chi connectivity index (χ0) is 33.0. The lowest BCUT2D eigenvalue weighted by Gasteiger charge is -2.70. The molecule has 5 aliphatic carbocycles. The zero-order valence-electron chi connectivity index (χ0n) is 25.8. The van der Waals surface area contributed by atoms with Gasteiger partial charge in [0.2, 0.25) is 0 Å². The van der Waals surface area contributed by atoms with Crippen molar-refractivity contribution >= 4 is 23.3 Å². The maximum Gasteiger partial charge on any atom is 0.338 e. The first-order valence-corrected chi connectivity index (χ1v) is 15.7. The highest BCUT2D eigenvalue weighted by Gasteiger charge is 2.70. The molecule has 0 saturated heterocycles. The average Bonchev–Trinajstić information content (AvgIpc) is 3.05. The number of aliphatic hydroxyl groups excluding tert-OH is 1. The number of non-ortho nitro benzene ring substituents is 2. The summed E-state index contributed by atoms with van der Waals surface area (Å²) in [5.74, 6) is -1.16. The maximum absolute atomic E-state index is 13.4. The number of aliphatic hydroxyl groups is 1. The third-order valence-corrected chi connectivity index (χ3v) is 11.8. The molecular formula is C35H38N2O9. The molecule has 7 rings (SSSR count). The standard InChI is InChI=1S/C35H38N2O9/c1-21-22(2)35-16-13-25(21)17-29(35)34(20-46-32(40)24-7-11-27(12-8-24)37(43)44)15-4-14-33(3,28(34)18-30(35)38)19-45-31(39)23-5-9-26(10-6-23)36(41)42/h5-12,25,28-30,38H,1-2,4,13-20H2,3H3/t25-,28?,29?,30+,33-,34-,35+/m0/s1. The second-order valence-electron chi connectivity index (χ2n) is 13.9. The molecule has 5 aliphatic rings. The first kappa shape index (κ1) is 31.6. The van der Waals surface area contributed by atoms with Crippen LogP contribution in [-0.2, 0) is 9.47 Å². The van der Waals surface area contributed by atoms with Gasteiger partial charge in [0.05, 0.1) is 40.3 Å². The Bertz CT molecular complexity index is 1620. The van der Waals surface area contributed by atoms with E-state index >= 15 is 0 Å². The van der Waals surface area contributed by atoms with Gasteiger partial charge in [-0.15, -0.1) is 0 Å². The van der Waals surface area contributed by atoms with E-state index < -0.39 is 44.1 Å². The minimum atomic E-state index is -0.700. The summed E-state index contributed by atoms with van der Waals surface area (Å²) in [4.78, 5) is 47.6. The Kier molecular flexibility index (Phi) is 7.87. The van der Waals surface area contributed by atoms with Gasteiger partial charge < -0.3 is 14.6 Å². The van der Waals surface area contributed by atoms with Crippen LogP contribution in [0.5, 0.6) is 0 Å². The molecule has 0 heterocycles. The fourth-order valence-electron chi connectivity index (χ4n) is 9.49. The molecule has 2 aromatic carbocycles. The van der Waals surface area contributed by atoms with Crippen LogP contribution in [0.4, 0.5) is 11.4 Å². The summed E-state index contributed by atoms with van der Waals surface area (Å²) >= 11 is 0. The van der Waals surface area contributed by atoms with E-state index in [0.717, 1.165) is 49.7 Å². The van der Waals surface area contributed by atoms with E-state index in [4.69, 9.17) is 9.47 Å². The highest BCUT2D eigenvalue weighted by Crippen LogP contribution is 2.73. The summed E-state index contributed by atoms with van der Waals surface area (Å²) < 4.78 is 12.0. The van der Waals surface area contributed by atoms with Gasteiger partial charge in [-0.2, -0.15) is 0 Å². The van der Waals surface area contributed by atoms with Crippen molar-refractivity contribution in [2.75, 3.05) is 13.2 Å². The predicted octanol–water partition coefficient (Wildman–Crippen LogP) is 6.60. The van der Waals surface area contributed by atoms with Crippen molar-refractivity contribution in [3.8, 4) is 0 Å². The summed E-state index contributed by atoms with van der Waals surface area (Å²) in [5.41, 5.74) is 0.351. The van der Waals surface area contributed by atoms with E-state index in [1.807, 2.05) is 0 Å². The third kappa shape index (κ3) is 4.92. The van der Waals surface area contributed by atoms with Crippen LogP contribution in [0.15, 0.2) is 72.8 Å². The van der Waals surface area contributed by atoms with E-state index in [-0.39, 0.29) is 53.5 Å². The Balaban J connectivity index is 1.31. The number of carbonyl (C=O) groups is 2. The van der Waals surface area contributed by atoms with Gasteiger partial charge in [0.15, 0.2) is 0 Å². The number of fused-ring (bicyclic) bond motifs is 3. The van der Waals surface area contributed by atoms with E-state index in [1.54, 1.807) is 0 Å². The van der Waals surface area contributed by atoms with Gasteiger partial charge in [0, 0.05) is 40.5 Å². The lowest BCUT2D eigenvalue weighted by molar-refractivity contribution is -0.385. The Hall–Kier alpha value is -4.38. The summed E-state index contributed by atoms with van der Waals surface area (Å²) in [6.07, 6.45) is 4.46. The van der Waals surface area contributed by atoms with E-state index in [9.17, 15) is 34.9 Å². The number of nitro groups is 2. The molecule has 0 amide bonds. The van der Waals surface area contributed by atoms with E-state index in [2.05, 4.69) is 20.1 Å². The Morgan fingerprint density at radius 3 is 1.93 bits per heavy atom.